The van der Waals surface area contributed by atoms with Gasteiger partial charge < -0.3 is 21.3 Å². The molecule has 0 radical (unpaired) electrons. The first kappa shape index (κ1) is 53.0. The minimum absolute atomic E-state index is 0.00268. The normalized spacial score (nSPS) is 12.0. The summed E-state index contributed by atoms with van der Waals surface area (Å²) in [6.07, 6.45) is 24.1. The van der Waals surface area contributed by atoms with Gasteiger partial charge in [-0.05, 0) is 55.7 Å². The predicted octanol–water partition coefficient (Wildman–Crippen LogP) is 9.62. The van der Waals surface area contributed by atoms with Crippen LogP contribution in [0.4, 0.5) is 11.4 Å². The van der Waals surface area contributed by atoms with Gasteiger partial charge in [-0.25, -0.2) is 13.1 Å². The van der Waals surface area contributed by atoms with Crippen LogP contribution in [0.5, 0.6) is 0 Å². The lowest BCUT2D eigenvalue weighted by Crippen LogP contribution is -2.48. The molecule has 4 amide bonds. The van der Waals surface area contributed by atoms with Crippen LogP contribution < -0.4 is 26.0 Å². The van der Waals surface area contributed by atoms with Gasteiger partial charge in [0.2, 0.25) is 33.7 Å². The molecule has 0 spiro atoms. The molecule has 13 nitrogen and oxygen atoms in total. The fourth-order valence-electron chi connectivity index (χ4n) is 6.77. The summed E-state index contributed by atoms with van der Waals surface area (Å²) in [7, 11) is -3.87. The molecule has 0 bridgehead atoms. The van der Waals surface area contributed by atoms with Crippen molar-refractivity contribution in [2.24, 2.45) is 10.2 Å². The summed E-state index contributed by atoms with van der Waals surface area (Å²) in [5.74, 6) is -1.34. The van der Waals surface area contributed by atoms with Gasteiger partial charge in [0.1, 0.15) is 6.04 Å². The summed E-state index contributed by atoms with van der Waals surface area (Å²) < 4.78 is 28.0. The van der Waals surface area contributed by atoms with E-state index < -0.39 is 27.9 Å². The Kier molecular flexibility index (Phi) is 29.9. The van der Waals surface area contributed by atoms with E-state index in [9.17, 15) is 27.6 Å². The van der Waals surface area contributed by atoms with Crippen molar-refractivity contribution >= 4 is 45.0 Å². The van der Waals surface area contributed by atoms with E-state index in [0.717, 1.165) is 38.5 Å². The lowest BCUT2D eigenvalue weighted by Gasteiger charge is -2.19. The zero-order chi connectivity index (χ0) is 44.2. The van der Waals surface area contributed by atoms with Crippen molar-refractivity contribution in [3.8, 4) is 0 Å². The maximum Gasteiger partial charge on any atom is 0.242 e. The second-order valence-electron chi connectivity index (χ2n) is 15.9. The third kappa shape index (κ3) is 27.4. The SMILES string of the molecule is CCCCCCCCCCCCNC(=O)CCC(NC(=O)CCNC(=O)CCNS(=O)(=O)c1ccc(N=Nc2ccccc2)cc1)C(=O)NCCCCCCCCCCCC. The Morgan fingerprint density at radius 1 is 0.492 bits per heavy atom. The smallest absolute Gasteiger partial charge is 0.242 e. The van der Waals surface area contributed by atoms with Crippen molar-refractivity contribution in [1.29, 1.82) is 0 Å². The molecule has 0 aromatic heterocycles. The number of rotatable bonds is 37. The molecule has 2 aromatic carbocycles. The number of amides is 4. The van der Waals surface area contributed by atoms with E-state index in [0.29, 0.717) is 24.5 Å². The van der Waals surface area contributed by atoms with E-state index >= 15 is 0 Å². The molecular formula is C47H77N7O6S. The Labute approximate surface area is 367 Å². The molecule has 0 aliphatic heterocycles. The van der Waals surface area contributed by atoms with E-state index in [1.54, 1.807) is 24.3 Å². The number of carbonyl (C=O) groups excluding carboxylic acids is 4. The van der Waals surface area contributed by atoms with Crippen molar-refractivity contribution in [2.45, 2.75) is 179 Å². The molecule has 342 valence electrons. The van der Waals surface area contributed by atoms with Gasteiger partial charge >= 0.3 is 0 Å². The Balaban J connectivity index is 1.73. The fourth-order valence-corrected chi connectivity index (χ4v) is 7.81. The van der Waals surface area contributed by atoms with Gasteiger partial charge in [-0.15, -0.1) is 0 Å². The molecule has 5 N–H and O–H groups in total. The van der Waals surface area contributed by atoms with Crippen LogP contribution in [0, 0.1) is 0 Å². The topological polar surface area (TPSA) is 187 Å². The fraction of sp³-hybridized carbons (Fsp3) is 0.660. The van der Waals surface area contributed by atoms with Crippen LogP contribution in [-0.2, 0) is 29.2 Å². The molecule has 14 heteroatoms. The molecule has 0 heterocycles. The molecule has 1 unspecified atom stereocenters. The molecule has 1 atom stereocenters. The van der Waals surface area contributed by atoms with Gasteiger partial charge in [0.15, 0.2) is 0 Å². The summed E-state index contributed by atoms with van der Waals surface area (Å²) in [5.41, 5.74) is 1.16. The molecule has 2 rings (SSSR count). The van der Waals surface area contributed by atoms with Crippen molar-refractivity contribution in [2.75, 3.05) is 26.2 Å². The number of carbonyl (C=O) groups is 4. The molecule has 0 aliphatic carbocycles. The van der Waals surface area contributed by atoms with Gasteiger partial charge in [-0.2, -0.15) is 10.2 Å². The highest BCUT2D eigenvalue weighted by atomic mass is 32.2. The average Bonchev–Trinajstić information content (AvgIpc) is 3.25. The average molecular weight is 868 g/mol. The Bertz CT molecular complexity index is 1620. The predicted molar refractivity (Wildman–Crippen MR) is 245 cm³/mol. The molecule has 0 aliphatic rings. The third-order valence-corrected chi connectivity index (χ3v) is 12.0. The Morgan fingerprint density at radius 2 is 0.934 bits per heavy atom. The molecule has 61 heavy (non-hydrogen) atoms. The van der Waals surface area contributed by atoms with Crippen molar-refractivity contribution in [3.63, 3.8) is 0 Å². The quantitative estimate of drug-likeness (QED) is 0.0332. The van der Waals surface area contributed by atoms with Crippen molar-refractivity contribution in [1.82, 2.24) is 26.0 Å². The highest BCUT2D eigenvalue weighted by Gasteiger charge is 2.22. The van der Waals surface area contributed by atoms with Gasteiger partial charge in [0, 0.05) is 45.4 Å². The third-order valence-electron chi connectivity index (χ3n) is 10.5. The Hall–Kier alpha value is -4.17. The van der Waals surface area contributed by atoms with E-state index in [1.807, 2.05) is 18.2 Å². The maximum absolute atomic E-state index is 13.2. The largest absolute Gasteiger partial charge is 0.356 e. The first-order valence-electron chi connectivity index (χ1n) is 23.3. The lowest BCUT2D eigenvalue weighted by atomic mass is 10.1. The molecule has 0 fully saturated rings. The zero-order valence-corrected chi connectivity index (χ0v) is 38.1. The summed E-state index contributed by atoms with van der Waals surface area (Å²) >= 11 is 0. The summed E-state index contributed by atoms with van der Waals surface area (Å²) in [6.45, 7) is 5.41. The highest BCUT2D eigenvalue weighted by molar-refractivity contribution is 7.89. The summed E-state index contributed by atoms with van der Waals surface area (Å²) in [5, 5.41) is 19.5. The van der Waals surface area contributed by atoms with Crippen molar-refractivity contribution < 1.29 is 27.6 Å². The van der Waals surface area contributed by atoms with Crippen LogP contribution in [0.2, 0.25) is 0 Å². The number of hydrogen-bond donors (Lipinski definition) is 5. The molecule has 0 saturated heterocycles. The van der Waals surface area contributed by atoms with E-state index in [4.69, 9.17) is 0 Å². The number of nitrogens with zero attached hydrogens (tertiary/aromatic N) is 2. The van der Waals surface area contributed by atoms with Gasteiger partial charge in [-0.1, -0.05) is 148 Å². The number of azo groups is 1. The van der Waals surface area contributed by atoms with Gasteiger partial charge in [0.25, 0.3) is 0 Å². The standard InChI is InChI=1S/C47H77N7O6S/c1-3-5-7-9-11-13-15-17-19-24-36-48-44(55)33-32-43(47(58)50-37-25-20-18-16-14-12-10-8-6-4-2)52-46(57)34-38-49-45(56)35-39-51-61(59,60)42-30-28-41(29-31-42)54-53-40-26-22-21-23-27-40/h21-23,26-31,43,51H,3-20,24-25,32-39H2,1-2H3,(H,48,55)(H,49,56)(H,50,58)(H,52,57). The molecular weight excluding hydrogens is 791 g/mol. The number of unbranched alkanes of at least 4 members (excludes halogenated alkanes) is 18. The van der Waals surface area contributed by atoms with Gasteiger partial charge in [0.05, 0.1) is 16.3 Å². The monoisotopic (exact) mass is 868 g/mol. The number of sulfonamides is 1. The van der Waals surface area contributed by atoms with Crippen LogP contribution in [0.25, 0.3) is 0 Å². The first-order valence-corrected chi connectivity index (χ1v) is 24.8. The van der Waals surface area contributed by atoms with Crippen LogP contribution in [0.3, 0.4) is 0 Å². The van der Waals surface area contributed by atoms with E-state index in [2.05, 4.69) is 50.1 Å². The number of benzene rings is 2. The first-order chi connectivity index (χ1) is 29.6. The summed E-state index contributed by atoms with van der Waals surface area (Å²) in [6, 6.07) is 14.2. The van der Waals surface area contributed by atoms with Gasteiger partial charge in [-0.3, -0.25) is 19.2 Å². The minimum atomic E-state index is -3.87. The summed E-state index contributed by atoms with van der Waals surface area (Å²) in [4.78, 5) is 51.3. The molecule has 0 saturated carbocycles. The second kappa shape index (κ2) is 34.4. The van der Waals surface area contributed by atoms with Crippen LogP contribution in [-0.4, -0.2) is 64.3 Å². The van der Waals surface area contributed by atoms with Crippen molar-refractivity contribution in [3.05, 3.63) is 54.6 Å². The van der Waals surface area contributed by atoms with E-state index in [1.165, 1.54) is 102 Å². The number of nitrogens with one attached hydrogen (secondary N) is 5. The van der Waals surface area contributed by atoms with Crippen LogP contribution in [0.15, 0.2) is 69.7 Å². The number of hydrogen-bond acceptors (Lipinski definition) is 8. The Morgan fingerprint density at radius 3 is 1.48 bits per heavy atom. The molecule has 2 aromatic rings. The van der Waals surface area contributed by atoms with E-state index in [-0.39, 0.29) is 55.5 Å². The second-order valence-corrected chi connectivity index (χ2v) is 17.7. The van der Waals surface area contributed by atoms with Crippen LogP contribution >= 0.6 is 0 Å². The minimum Gasteiger partial charge on any atom is -0.356 e. The highest BCUT2D eigenvalue weighted by Crippen LogP contribution is 2.20. The zero-order valence-electron chi connectivity index (χ0n) is 37.3. The van der Waals surface area contributed by atoms with Crippen LogP contribution in [0.1, 0.15) is 168 Å². The lowest BCUT2D eigenvalue weighted by molar-refractivity contribution is -0.130. The maximum atomic E-state index is 13.2.